The first-order valence-corrected chi connectivity index (χ1v) is 6.08. The second kappa shape index (κ2) is 5.02. The van der Waals surface area contributed by atoms with Gasteiger partial charge in [-0.3, -0.25) is 0 Å². The number of ether oxygens (including phenoxy) is 1. The van der Waals surface area contributed by atoms with E-state index in [0.717, 1.165) is 4.47 Å². The van der Waals surface area contributed by atoms with Gasteiger partial charge < -0.3 is 10.5 Å². The molecule has 1 aromatic carbocycles. The molecule has 0 bridgehead atoms. The topological polar surface area (TPSA) is 107 Å². The number of hydrogen-bond acceptors (Lipinski definition) is 5. The summed E-state index contributed by atoms with van der Waals surface area (Å²) in [4.78, 5) is 0. The smallest absolute Gasteiger partial charge is 0.205 e. The van der Waals surface area contributed by atoms with Crippen LogP contribution in [-0.2, 0) is 0 Å². The van der Waals surface area contributed by atoms with Gasteiger partial charge >= 0.3 is 0 Å². The van der Waals surface area contributed by atoms with Crippen molar-refractivity contribution < 1.29 is 4.74 Å². The molecule has 6 heteroatoms. The Bertz CT molecular complexity index is 676. The van der Waals surface area contributed by atoms with Crippen molar-refractivity contribution in [2.24, 2.45) is 11.7 Å². The van der Waals surface area contributed by atoms with E-state index in [-0.39, 0.29) is 11.5 Å². The van der Waals surface area contributed by atoms with Crippen LogP contribution in [-0.4, -0.2) is 0 Å². The van der Waals surface area contributed by atoms with E-state index in [1.165, 1.54) is 0 Å². The molecule has 0 amide bonds. The van der Waals surface area contributed by atoms with E-state index in [0.29, 0.717) is 11.3 Å². The number of allylic oxidation sites excluding steroid dienone is 1. The quantitative estimate of drug-likeness (QED) is 0.855. The zero-order chi connectivity index (χ0) is 14.0. The van der Waals surface area contributed by atoms with Crippen LogP contribution in [0.15, 0.2) is 34.1 Å². The minimum atomic E-state index is -0.995. The molecule has 1 aliphatic heterocycles. The van der Waals surface area contributed by atoms with Crippen molar-refractivity contribution in [2.45, 2.75) is 5.92 Å². The zero-order valence-electron chi connectivity index (χ0n) is 9.59. The summed E-state index contributed by atoms with van der Waals surface area (Å²) in [5, 5.41) is 27.3. The van der Waals surface area contributed by atoms with E-state index in [4.69, 9.17) is 26.3 Å². The average molecular weight is 315 g/mol. The van der Waals surface area contributed by atoms with Crippen molar-refractivity contribution >= 4 is 15.9 Å². The van der Waals surface area contributed by atoms with Crippen LogP contribution in [0.5, 0.6) is 5.75 Å². The summed E-state index contributed by atoms with van der Waals surface area (Å²) in [6.45, 7) is 0. The van der Waals surface area contributed by atoms with Gasteiger partial charge in [0.1, 0.15) is 17.7 Å². The molecule has 0 spiro atoms. The average Bonchev–Trinajstić information content (AvgIpc) is 2.40. The van der Waals surface area contributed by atoms with Gasteiger partial charge in [-0.25, -0.2) is 0 Å². The fraction of sp³-hybridized carbons (Fsp3) is 0.154. The SMILES string of the molecule is N#CC1=C(N)Oc2ccc(Br)cc2[C@@H]1C(C#N)C#N. The van der Waals surface area contributed by atoms with Crippen LogP contribution in [0, 0.1) is 39.9 Å². The van der Waals surface area contributed by atoms with Crippen molar-refractivity contribution in [2.75, 3.05) is 0 Å². The summed E-state index contributed by atoms with van der Waals surface area (Å²) >= 11 is 3.32. The van der Waals surface area contributed by atoms with Crippen molar-refractivity contribution in [1.29, 1.82) is 15.8 Å². The molecular formula is C13H7BrN4O. The Morgan fingerprint density at radius 3 is 2.53 bits per heavy atom. The van der Waals surface area contributed by atoms with E-state index in [2.05, 4.69) is 15.9 Å². The summed E-state index contributed by atoms with van der Waals surface area (Å²) in [6.07, 6.45) is 0. The number of rotatable bonds is 1. The number of nitrogens with zero attached hydrogens (tertiary/aromatic N) is 3. The van der Waals surface area contributed by atoms with Crippen LogP contribution >= 0.6 is 15.9 Å². The van der Waals surface area contributed by atoms with E-state index >= 15 is 0 Å². The van der Waals surface area contributed by atoms with Crippen molar-refractivity contribution in [3.05, 3.63) is 39.7 Å². The molecule has 1 aromatic rings. The summed E-state index contributed by atoms with van der Waals surface area (Å²) in [5.41, 5.74) is 6.40. The molecule has 0 saturated carbocycles. The third-order valence-corrected chi connectivity index (χ3v) is 3.33. The molecule has 0 unspecified atom stereocenters. The van der Waals surface area contributed by atoms with Gasteiger partial charge in [-0.15, -0.1) is 0 Å². The second-order valence-corrected chi connectivity index (χ2v) is 4.80. The first kappa shape index (κ1) is 13.0. The predicted octanol–water partition coefficient (Wildman–Crippen LogP) is 2.28. The lowest BCUT2D eigenvalue weighted by Gasteiger charge is -2.26. The van der Waals surface area contributed by atoms with Gasteiger partial charge in [0.05, 0.1) is 23.6 Å². The number of nitrogens with two attached hydrogens (primary N) is 1. The number of nitriles is 3. The lowest BCUT2D eigenvalue weighted by Crippen LogP contribution is -2.24. The highest BCUT2D eigenvalue weighted by Crippen LogP contribution is 2.42. The normalized spacial score (nSPS) is 16.9. The molecule has 92 valence electrons. The van der Waals surface area contributed by atoms with Crippen LogP contribution in [0.4, 0.5) is 0 Å². The third kappa shape index (κ3) is 2.12. The lowest BCUT2D eigenvalue weighted by atomic mass is 9.80. The monoisotopic (exact) mass is 314 g/mol. The highest BCUT2D eigenvalue weighted by molar-refractivity contribution is 9.10. The lowest BCUT2D eigenvalue weighted by molar-refractivity contribution is 0.383. The highest BCUT2D eigenvalue weighted by Gasteiger charge is 2.35. The molecule has 1 aliphatic rings. The Labute approximate surface area is 118 Å². The zero-order valence-corrected chi connectivity index (χ0v) is 11.2. The molecule has 5 nitrogen and oxygen atoms in total. The molecule has 2 rings (SSSR count). The first-order chi connectivity index (χ1) is 9.12. The molecule has 19 heavy (non-hydrogen) atoms. The molecule has 0 saturated heterocycles. The summed E-state index contributed by atoms with van der Waals surface area (Å²) in [5.74, 6) is -1.29. The Balaban J connectivity index is 2.68. The van der Waals surface area contributed by atoms with Gasteiger partial charge in [0.15, 0.2) is 0 Å². The van der Waals surface area contributed by atoms with Crippen molar-refractivity contribution in [3.63, 3.8) is 0 Å². The van der Waals surface area contributed by atoms with Gasteiger partial charge in [0.25, 0.3) is 0 Å². The van der Waals surface area contributed by atoms with Crippen molar-refractivity contribution in [1.82, 2.24) is 0 Å². The number of fused-ring (bicyclic) bond motifs is 1. The van der Waals surface area contributed by atoms with E-state index < -0.39 is 11.8 Å². The van der Waals surface area contributed by atoms with Crippen LogP contribution in [0.2, 0.25) is 0 Å². The van der Waals surface area contributed by atoms with Gasteiger partial charge in [0, 0.05) is 10.0 Å². The molecule has 0 radical (unpaired) electrons. The van der Waals surface area contributed by atoms with E-state index in [1.54, 1.807) is 18.2 Å². The van der Waals surface area contributed by atoms with Crippen LogP contribution in [0.3, 0.4) is 0 Å². The molecule has 1 atom stereocenters. The molecule has 1 heterocycles. The maximum Gasteiger partial charge on any atom is 0.205 e. The Hall–Kier alpha value is -2.49. The van der Waals surface area contributed by atoms with Gasteiger partial charge in [-0.05, 0) is 18.2 Å². The minimum Gasteiger partial charge on any atom is -0.440 e. The molecule has 2 N–H and O–H groups in total. The van der Waals surface area contributed by atoms with Crippen LogP contribution in [0.1, 0.15) is 11.5 Å². The van der Waals surface area contributed by atoms with Gasteiger partial charge in [0.2, 0.25) is 5.88 Å². The van der Waals surface area contributed by atoms with E-state index in [1.807, 2.05) is 18.2 Å². The minimum absolute atomic E-state index is 0.0576. The standard InChI is InChI=1S/C13H7BrN4O/c14-8-1-2-11-9(3-8)12(7(4-15)5-16)10(6-17)13(18)19-11/h1-3,7,12H,18H2/t12-/m0/s1. The summed E-state index contributed by atoms with van der Waals surface area (Å²) in [7, 11) is 0. The summed E-state index contributed by atoms with van der Waals surface area (Å²) in [6, 6.07) is 10.9. The Morgan fingerprint density at radius 1 is 1.26 bits per heavy atom. The molecular weight excluding hydrogens is 308 g/mol. The second-order valence-electron chi connectivity index (χ2n) is 3.89. The first-order valence-electron chi connectivity index (χ1n) is 5.28. The third-order valence-electron chi connectivity index (χ3n) is 2.84. The van der Waals surface area contributed by atoms with Crippen LogP contribution in [0.25, 0.3) is 0 Å². The largest absolute Gasteiger partial charge is 0.440 e. The fourth-order valence-corrected chi connectivity index (χ4v) is 2.37. The number of hydrogen-bond donors (Lipinski definition) is 1. The molecule has 0 aliphatic carbocycles. The Kier molecular flexibility index (Phi) is 3.42. The summed E-state index contributed by atoms with van der Waals surface area (Å²) < 4.78 is 6.13. The maximum atomic E-state index is 9.17. The van der Waals surface area contributed by atoms with Crippen molar-refractivity contribution in [3.8, 4) is 24.0 Å². The Morgan fingerprint density at radius 2 is 1.95 bits per heavy atom. The highest BCUT2D eigenvalue weighted by atomic mass is 79.9. The molecule has 0 fully saturated rings. The van der Waals surface area contributed by atoms with E-state index in [9.17, 15) is 0 Å². The van der Waals surface area contributed by atoms with Gasteiger partial charge in [-0.1, -0.05) is 15.9 Å². The number of benzene rings is 1. The van der Waals surface area contributed by atoms with Crippen LogP contribution < -0.4 is 10.5 Å². The van der Waals surface area contributed by atoms with Gasteiger partial charge in [-0.2, -0.15) is 15.8 Å². The molecule has 0 aromatic heterocycles. The predicted molar refractivity (Wildman–Crippen MR) is 69.1 cm³/mol. The number of halogens is 1. The fourth-order valence-electron chi connectivity index (χ4n) is 1.99. The maximum absolute atomic E-state index is 9.17.